The van der Waals surface area contributed by atoms with Gasteiger partial charge in [-0.25, -0.2) is 0 Å². The van der Waals surface area contributed by atoms with Crippen LogP contribution >= 0.6 is 0 Å². The Bertz CT molecular complexity index is 780. The summed E-state index contributed by atoms with van der Waals surface area (Å²) in [6.45, 7) is 8.78. The van der Waals surface area contributed by atoms with E-state index >= 15 is 0 Å². The normalized spacial score (nSPS) is 11.4. The number of ether oxygens (including phenoxy) is 1. The summed E-state index contributed by atoms with van der Waals surface area (Å²) in [5.74, 6) is 7.72. The van der Waals surface area contributed by atoms with Crippen molar-refractivity contribution in [3.05, 3.63) is 65.2 Å². The van der Waals surface area contributed by atoms with E-state index in [1.54, 1.807) is 0 Å². The molecule has 0 aliphatic carbocycles. The first-order chi connectivity index (χ1) is 13.0. The second-order valence-electron chi connectivity index (χ2n) is 7.17. The highest BCUT2D eigenvalue weighted by Crippen LogP contribution is 2.12. The van der Waals surface area contributed by atoms with Gasteiger partial charge in [0.15, 0.2) is 0 Å². The number of carbonyl (C=O) groups excluding carboxylic acids is 1. The van der Waals surface area contributed by atoms with Crippen molar-refractivity contribution in [3.8, 4) is 17.6 Å². The standard InChI is InChI=1S/C24H29NO2/c1-5-27-23-14-12-21(13-15-23)7-6-20-8-10-22(11-9-20)17-19(4)25-24(26)16-18(2)3/h8-15,18-19H,5,16-17H2,1-4H3,(H,25,26). The topological polar surface area (TPSA) is 38.3 Å². The minimum atomic E-state index is 0.121. The van der Waals surface area contributed by atoms with Crippen LogP contribution in [0.5, 0.6) is 5.75 Å². The highest BCUT2D eigenvalue weighted by Gasteiger charge is 2.09. The number of hydrogen-bond acceptors (Lipinski definition) is 2. The highest BCUT2D eigenvalue weighted by atomic mass is 16.5. The molecule has 0 heterocycles. The van der Waals surface area contributed by atoms with Gasteiger partial charge < -0.3 is 10.1 Å². The van der Waals surface area contributed by atoms with E-state index in [1.807, 2.05) is 50.2 Å². The third-order valence-corrected chi connectivity index (χ3v) is 4.01. The van der Waals surface area contributed by atoms with Crippen LogP contribution in [0.2, 0.25) is 0 Å². The SMILES string of the molecule is CCOc1ccc(C#Cc2ccc(CC(C)NC(=O)CC(C)C)cc2)cc1. The summed E-state index contributed by atoms with van der Waals surface area (Å²) in [5.41, 5.74) is 3.13. The van der Waals surface area contributed by atoms with Gasteiger partial charge in [0, 0.05) is 23.6 Å². The molecular weight excluding hydrogens is 334 g/mol. The van der Waals surface area contributed by atoms with Crippen LogP contribution in [0.3, 0.4) is 0 Å². The summed E-state index contributed by atoms with van der Waals surface area (Å²) in [7, 11) is 0. The summed E-state index contributed by atoms with van der Waals surface area (Å²) in [5, 5.41) is 3.06. The van der Waals surface area contributed by atoms with Gasteiger partial charge in [-0.3, -0.25) is 4.79 Å². The molecule has 27 heavy (non-hydrogen) atoms. The van der Waals surface area contributed by atoms with Gasteiger partial charge in [-0.2, -0.15) is 0 Å². The molecule has 0 bridgehead atoms. The van der Waals surface area contributed by atoms with Gasteiger partial charge in [-0.1, -0.05) is 37.8 Å². The number of rotatable bonds is 7. The molecule has 1 unspecified atom stereocenters. The molecule has 1 amide bonds. The van der Waals surface area contributed by atoms with Crippen molar-refractivity contribution in [3.63, 3.8) is 0 Å². The van der Waals surface area contributed by atoms with Crippen LogP contribution in [0.25, 0.3) is 0 Å². The van der Waals surface area contributed by atoms with Crippen LogP contribution in [-0.2, 0) is 11.2 Å². The van der Waals surface area contributed by atoms with Crippen molar-refractivity contribution < 1.29 is 9.53 Å². The highest BCUT2D eigenvalue weighted by molar-refractivity contribution is 5.76. The molecule has 2 rings (SSSR count). The first-order valence-corrected chi connectivity index (χ1v) is 9.59. The first-order valence-electron chi connectivity index (χ1n) is 9.59. The van der Waals surface area contributed by atoms with E-state index in [1.165, 1.54) is 5.56 Å². The lowest BCUT2D eigenvalue weighted by atomic mass is 10.0. The number of carbonyl (C=O) groups is 1. The van der Waals surface area contributed by atoms with Crippen molar-refractivity contribution in [2.45, 2.75) is 46.6 Å². The molecule has 0 radical (unpaired) electrons. The van der Waals surface area contributed by atoms with Gasteiger partial charge in [0.1, 0.15) is 5.75 Å². The monoisotopic (exact) mass is 363 g/mol. The zero-order valence-corrected chi connectivity index (χ0v) is 16.7. The number of hydrogen-bond donors (Lipinski definition) is 1. The second-order valence-corrected chi connectivity index (χ2v) is 7.17. The summed E-state index contributed by atoms with van der Waals surface area (Å²) >= 11 is 0. The van der Waals surface area contributed by atoms with Crippen LogP contribution in [0.4, 0.5) is 0 Å². The minimum absolute atomic E-state index is 0.121. The summed E-state index contributed by atoms with van der Waals surface area (Å²) in [6.07, 6.45) is 1.39. The molecule has 2 aromatic carbocycles. The van der Waals surface area contributed by atoms with Crippen molar-refractivity contribution in [1.82, 2.24) is 5.32 Å². The molecule has 0 aliphatic rings. The van der Waals surface area contributed by atoms with E-state index in [-0.39, 0.29) is 11.9 Å². The second kappa shape index (κ2) is 10.4. The molecular formula is C24H29NO2. The molecule has 0 saturated heterocycles. The maximum atomic E-state index is 11.8. The Morgan fingerprint density at radius 3 is 2.04 bits per heavy atom. The zero-order chi connectivity index (χ0) is 19.6. The Kier molecular flexibility index (Phi) is 7.95. The van der Waals surface area contributed by atoms with Crippen LogP contribution < -0.4 is 10.1 Å². The Morgan fingerprint density at radius 1 is 0.963 bits per heavy atom. The molecule has 3 nitrogen and oxygen atoms in total. The quantitative estimate of drug-likeness (QED) is 0.731. The Balaban J connectivity index is 1.90. The maximum absolute atomic E-state index is 11.8. The summed E-state index contributed by atoms with van der Waals surface area (Å²) in [6, 6.07) is 16.1. The average molecular weight is 364 g/mol. The zero-order valence-electron chi connectivity index (χ0n) is 16.7. The van der Waals surface area contributed by atoms with Crippen LogP contribution in [0.1, 0.15) is 50.8 Å². The van der Waals surface area contributed by atoms with E-state index in [0.717, 1.165) is 23.3 Å². The first kappa shape index (κ1) is 20.6. The van der Waals surface area contributed by atoms with Crippen LogP contribution in [0, 0.1) is 17.8 Å². The molecule has 1 N–H and O–H groups in total. The molecule has 3 heteroatoms. The lowest BCUT2D eigenvalue weighted by Gasteiger charge is -2.15. The molecule has 0 aliphatic heterocycles. The summed E-state index contributed by atoms with van der Waals surface area (Å²) < 4.78 is 5.44. The Hall–Kier alpha value is -2.73. The Morgan fingerprint density at radius 2 is 1.52 bits per heavy atom. The lowest BCUT2D eigenvalue weighted by Crippen LogP contribution is -2.34. The van der Waals surface area contributed by atoms with E-state index < -0.39 is 0 Å². The molecule has 0 saturated carbocycles. The van der Waals surface area contributed by atoms with Crippen LogP contribution in [-0.4, -0.2) is 18.6 Å². The number of amides is 1. The smallest absolute Gasteiger partial charge is 0.220 e. The third kappa shape index (κ3) is 7.58. The van der Waals surface area contributed by atoms with Crippen LogP contribution in [0.15, 0.2) is 48.5 Å². The van der Waals surface area contributed by atoms with Gasteiger partial charge >= 0.3 is 0 Å². The maximum Gasteiger partial charge on any atom is 0.220 e. The largest absolute Gasteiger partial charge is 0.494 e. The molecule has 0 spiro atoms. The third-order valence-electron chi connectivity index (χ3n) is 4.01. The molecule has 2 aromatic rings. The van der Waals surface area contributed by atoms with Gasteiger partial charge in [0.2, 0.25) is 5.91 Å². The summed E-state index contributed by atoms with van der Waals surface area (Å²) in [4.78, 5) is 11.8. The minimum Gasteiger partial charge on any atom is -0.494 e. The molecule has 142 valence electrons. The lowest BCUT2D eigenvalue weighted by molar-refractivity contribution is -0.122. The van der Waals surface area contributed by atoms with Crippen molar-refractivity contribution >= 4 is 5.91 Å². The van der Waals surface area contributed by atoms with Crippen molar-refractivity contribution in [2.24, 2.45) is 5.92 Å². The number of benzene rings is 2. The average Bonchev–Trinajstić information content (AvgIpc) is 2.61. The number of nitrogens with one attached hydrogen (secondary N) is 1. The van der Waals surface area contributed by atoms with Crippen molar-refractivity contribution in [2.75, 3.05) is 6.61 Å². The van der Waals surface area contributed by atoms with E-state index in [2.05, 4.69) is 43.1 Å². The Labute approximate surface area is 163 Å². The van der Waals surface area contributed by atoms with E-state index in [0.29, 0.717) is 18.9 Å². The van der Waals surface area contributed by atoms with E-state index in [9.17, 15) is 4.79 Å². The van der Waals surface area contributed by atoms with Gasteiger partial charge in [-0.15, -0.1) is 0 Å². The fourth-order valence-corrected chi connectivity index (χ4v) is 2.78. The molecule has 0 fully saturated rings. The molecule has 1 atom stereocenters. The molecule has 0 aromatic heterocycles. The predicted octanol–water partition coefficient (Wildman–Crippen LogP) is 4.58. The van der Waals surface area contributed by atoms with Gasteiger partial charge in [0.05, 0.1) is 6.61 Å². The fraction of sp³-hybridized carbons (Fsp3) is 0.375. The van der Waals surface area contributed by atoms with Gasteiger partial charge in [0.25, 0.3) is 0 Å². The predicted molar refractivity (Wildman–Crippen MR) is 111 cm³/mol. The van der Waals surface area contributed by atoms with E-state index in [4.69, 9.17) is 4.74 Å². The van der Waals surface area contributed by atoms with Crippen molar-refractivity contribution in [1.29, 1.82) is 0 Å². The fourth-order valence-electron chi connectivity index (χ4n) is 2.78. The van der Waals surface area contributed by atoms with Gasteiger partial charge in [-0.05, 0) is 68.1 Å².